The van der Waals surface area contributed by atoms with Crippen LogP contribution in [0.2, 0.25) is 0 Å². The number of nitrogens with two attached hydrogens (primary N) is 1. The maximum Gasteiger partial charge on any atom is 0.237 e. The normalized spacial score (nSPS) is 11.6. The molecule has 0 aromatic heterocycles. The summed E-state index contributed by atoms with van der Waals surface area (Å²) in [6, 6.07) is 5.25. The number of guanidine groups is 1. The fourth-order valence-electron chi connectivity index (χ4n) is 1.10. The van der Waals surface area contributed by atoms with Crippen molar-refractivity contribution in [3.8, 4) is 11.5 Å². The SMILES string of the molecule is COc1ccc(/C=N/N=C(\N)NO)c(OC)c1. The van der Waals surface area contributed by atoms with E-state index in [1.54, 1.807) is 37.9 Å². The van der Waals surface area contributed by atoms with Crippen LogP contribution in [0.3, 0.4) is 0 Å². The van der Waals surface area contributed by atoms with Gasteiger partial charge in [0, 0.05) is 11.6 Å². The number of hydrogen-bond acceptors (Lipinski definition) is 5. The smallest absolute Gasteiger partial charge is 0.237 e. The summed E-state index contributed by atoms with van der Waals surface area (Å²) in [7, 11) is 3.11. The third-order valence-corrected chi connectivity index (χ3v) is 1.92. The Labute approximate surface area is 98.5 Å². The van der Waals surface area contributed by atoms with Gasteiger partial charge < -0.3 is 15.2 Å². The minimum atomic E-state index is -0.200. The Kier molecular flexibility index (Phi) is 4.77. The number of hydroxylamine groups is 1. The van der Waals surface area contributed by atoms with Crippen molar-refractivity contribution in [3.05, 3.63) is 23.8 Å². The van der Waals surface area contributed by atoms with Crippen molar-refractivity contribution in [1.82, 2.24) is 5.48 Å². The minimum absolute atomic E-state index is 0.200. The number of nitrogens with one attached hydrogen (secondary N) is 1. The van der Waals surface area contributed by atoms with Crippen LogP contribution in [-0.4, -0.2) is 31.6 Å². The van der Waals surface area contributed by atoms with Gasteiger partial charge in [-0.15, -0.1) is 5.10 Å². The molecule has 4 N–H and O–H groups in total. The molecular formula is C10H14N4O3. The summed E-state index contributed by atoms with van der Waals surface area (Å²) < 4.78 is 10.2. The summed E-state index contributed by atoms with van der Waals surface area (Å²) in [5.41, 5.74) is 7.55. The van der Waals surface area contributed by atoms with Gasteiger partial charge in [-0.3, -0.25) is 5.21 Å². The Hall–Kier alpha value is -2.28. The zero-order chi connectivity index (χ0) is 12.7. The largest absolute Gasteiger partial charge is 0.497 e. The molecule has 0 bridgehead atoms. The van der Waals surface area contributed by atoms with E-state index in [1.165, 1.54) is 6.21 Å². The van der Waals surface area contributed by atoms with E-state index in [0.29, 0.717) is 17.1 Å². The fourth-order valence-corrected chi connectivity index (χ4v) is 1.10. The Morgan fingerprint density at radius 3 is 2.76 bits per heavy atom. The van der Waals surface area contributed by atoms with Crippen molar-refractivity contribution < 1.29 is 14.7 Å². The molecule has 0 radical (unpaired) electrons. The van der Waals surface area contributed by atoms with Crippen LogP contribution in [0.1, 0.15) is 5.56 Å². The molecule has 0 saturated heterocycles. The summed E-state index contributed by atoms with van der Waals surface area (Å²) in [6.45, 7) is 0. The highest BCUT2D eigenvalue weighted by atomic mass is 16.5. The molecular weight excluding hydrogens is 224 g/mol. The zero-order valence-corrected chi connectivity index (χ0v) is 9.54. The quantitative estimate of drug-likeness (QED) is 0.398. The molecule has 0 aliphatic heterocycles. The summed E-state index contributed by atoms with van der Waals surface area (Å²) in [5, 5.41) is 15.5. The van der Waals surface area contributed by atoms with Crippen molar-refractivity contribution in [1.29, 1.82) is 0 Å². The van der Waals surface area contributed by atoms with Gasteiger partial charge in [0.15, 0.2) is 0 Å². The molecule has 1 aromatic rings. The first-order chi connectivity index (χ1) is 8.21. The van der Waals surface area contributed by atoms with E-state index in [1.807, 2.05) is 0 Å². The molecule has 0 amide bonds. The van der Waals surface area contributed by atoms with E-state index in [2.05, 4.69) is 10.2 Å². The molecule has 0 fully saturated rings. The highest BCUT2D eigenvalue weighted by Gasteiger charge is 2.02. The predicted octanol–water partition coefficient (Wildman–Crippen LogP) is 0.331. The highest BCUT2D eigenvalue weighted by molar-refractivity contribution is 5.85. The van der Waals surface area contributed by atoms with E-state index >= 15 is 0 Å². The average molecular weight is 238 g/mol. The molecule has 0 unspecified atom stereocenters. The van der Waals surface area contributed by atoms with Crippen LogP contribution in [0.4, 0.5) is 0 Å². The molecule has 0 aliphatic rings. The first-order valence-corrected chi connectivity index (χ1v) is 4.70. The Bertz CT molecular complexity index is 432. The van der Waals surface area contributed by atoms with E-state index < -0.39 is 0 Å². The minimum Gasteiger partial charge on any atom is -0.497 e. The highest BCUT2D eigenvalue weighted by Crippen LogP contribution is 2.22. The third kappa shape index (κ3) is 3.65. The molecule has 1 aromatic carbocycles. The van der Waals surface area contributed by atoms with Gasteiger partial charge in [0.1, 0.15) is 11.5 Å². The lowest BCUT2D eigenvalue weighted by atomic mass is 10.2. The van der Waals surface area contributed by atoms with Crippen LogP contribution in [0.25, 0.3) is 0 Å². The molecule has 7 heteroatoms. The van der Waals surface area contributed by atoms with Gasteiger partial charge in [0.05, 0.1) is 20.4 Å². The molecule has 7 nitrogen and oxygen atoms in total. The number of ether oxygens (including phenoxy) is 2. The number of rotatable bonds is 4. The van der Waals surface area contributed by atoms with Crippen LogP contribution in [-0.2, 0) is 0 Å². The van der Waals surface area contributed by atoms with Crippen molar-refractivity contribution in [2.24, 2.45) is 15.9 Å². The maximum absolute atomic E-state index is 8.38. The first-order valence-electron chi connectivity index (χ1n) is 4.70. The second-order valence-corrected chi connectivity index (χ2v) is 2.95. The van der Waals surface area contributed by atoms with E-state index in [9.17, 15) is 0 Å². The van der Waals surface area contributed by atoms with E-state index in [4.69, 9.17) is 20.4 Å². The van der Waals surface area contributed by atoms with Gasteiger partial charge in [-0.25, -0.2) is 5.48 Å². The molecule has 0 spiro atoms. The molecule has 0 heterocycles. The second kappa shape index (κ2) is 6.33. The van der Waals surface area contributed by atoms with E-state index in [0.717, 1.165) is 0 Å². The second-order valence-electron chi connectivity index (χ2n) is 2.95. The molecule has 92 valence electrons. The van der Waals surface area contributed by atoms with Crippen molar-refractivity contribution >= 4 is 12.2 Å². The van der Waals surface area contributed by atoms with Crippen LogP contribution < -0.4 is 20.7 Å². The van der Waals surface area contributed by atoms with Crippen LogP contribution in [0, 0.1) is 0 Å². The van der Waals surface area contributed by atoms with Gasteiger partial charge in [-0.1, -0.05) is 0 Å². The maximum atomic E-state index is 8.38. The number of hydrogen-bond donors (Lipinski definition) is 3. The van der Waals surface area contributed by atoms with Gasteiger partial charge in [-0.2, -0.15) is 5.10 Å². The monoisotopic (exact) mass is 238 g/mol. The summed E-state index contributed by atoms with van der Waals surface area (Å²) >= 11 is 0. The Balaban J connectivity index is 2.91. The lowest BCUT2D eigenvalue weighted by Gasteiger charge is -2.06. The molecule has 1 rings (SSSR count). The van der Waals surface area contributed by atoms with Gasteiger partial charge in [0.2, 0.25) is 5.96 Å². The van der Waals surface area contributed by atoms with Gasteiger partial charge in [0.25, 0.3) is 0 Å². The van der Waals surface area contributed by atoms with Crippen LogP contribution in [0.5, 0.6) is 11.5 Å². The van der Waals surface area contributed by atoms with Crippen molar-refractivity contribution in [2.45, 2.75) is 0 Å². The molecule has 17 heavy (non-hydrogen) atoms. The summed E-state index contributed by atoms with van der Waals surface area (Å²) in [5.74, 6) is 1.08. The standard InChI is InChI=1S/C10H14N4O3/c1-16-8-4-3-7(9(5-8)17-2)6-12-13-10(11)14-15/h3-6,15H,1-2H3,(H3,11,13,14)/b12-6+. The Morgan fingerprint density at radius 1 is 1.41 bits per heavy atom. The van der Waals surface area contributed by atoms with Crippen LogP contribution in [0.15, 0.2) is 28.4 Å². The summed E-state index contributed by atoms with van der Waals surface area (Å²) in [6.07, 6.45) is 1.45. The fraction of sp³-hybridized carbons (Fsp3) is 0.200. The van der Waals surface area contributed by atoms with Crippen molar-refractivity contribution in [2.75, 3.05) is 14.2 Å². The van der Waals surface area contributed by atoms with Crippen molar-refractivity contribution in [3.63, 3.8) is 0 Å². The topological polar surface area (TPSA) is 101 Å². The Morgan fingerprint density at radius 2 is 2.18 bits per heavy atom. The number of methoxy groups -OCH3 is 2. The molecule has 0 atom stereocenters. The lowest BCUT2D eigenvalue weighted by Crippen LogP contribution is -2.27. The first kappa shape index (κ1) is 12.8. The lowest BCUT2D eigenvalue weighted by molar-refractivity contribution is 0.232. The summed E-state index contributed by atoms with van der Waals surface area (Å²) in [4.78, 5) is 0. The predicted molar refractivity (Wildman–Crippen MR) is 63.7 cm³/mol. The number of nitrogens with zero attached hydrogens (tertiary/aromatic N) is 2. The zero-order valence-electron chi connectivity index (χ0n) is 9.54. The molecule has 0 saturated carbocycles. The molecule has 0 aliphatic carbocycles. The van der Waals surface area contributed by atoms with Gasteiger partial charge in [-0.05, 0) is 12.1 Å². The average Bonchev–Trinajstić information content (AvgIpc) is 2.38. The number of benzene rings is 1. The van der Waals surface area contributed by atoms with Gasteiger partial charge >= 0.3 is 0 Å². The van der Waals surface area contributed by atoms with E-state index in [-0.39, 0.29) is 5.96 Å². The van der Waals surface area contributed by atoms with Crippen LogP contribution >= 0.6 is 0 Å². The third-order valence-electron chi connectivity index (χ3n) is 1.92.